The van der Waals surface area contributed by atoms with Crippen LogP contribution in [0.25, 0.3) is 0 Å². The second-order valence-corrected chi connectivity index (χ2v) is 9.59. The lowest BCUT2D eigenvalue weighted by molar-refractivity contribution is -0.145. The number of rotatable bonds is 16. The fourth-order valence-electron chi connectivity index (χ4n) is 3.75. The van der Waals surface area contributed by atoms with Crippen molar-refractivity contribution < 1.29 is 14.3 Å². The van der Waals surface area contributed by atoms with E-state index >= 15 is 0 Å². The molecule has 0 saturated heterocycles. The molecule has 1 amide bonds. The lowest BCUT2D eigenvalue weighted by Crippen LogP contribution is -2.17. The SMILES string of the molecule is CCCC(=O)OCc1ccc(N(C)C)c(NC(=O)CCCCCCCCCc2ccsc2)c1. The predicted molar refractivity (Wildman–Crippen MR) is 139 cm³/mol. The topological polar surface area (TPSA) is 58.6 Å². The molecule has 1 aromatic carbocycles. The maximum atomic E-state index is 12.5. The number of thiophene rings is 1. The van der Waals surface area contributed by atoms with Crippen LogP contribution in [0.2, 0.25) is 0 Å². The number of esters is 1. The summed E-state index contributed by atoms with van der Waals surface area (Å²) in [5.41, 5.74) is 4.04. The highest BCUT2D eigenvalue weighted by Crippen LogP contribution is 2.26. The van der Waals surface area contributed by atoms with Crippen LogP contribution in [0.1, 0.15) is 82.3 Å². The quantitative estimate of drug-likeness (QED) is 0.212. The van der Waals surface area contributed by atoms with Gasteiger partial charge >= 0.3 is 5.97 Å². The van der Waals surface area contributed by atoms with Gasteiger partial charge in [0.1, 0.15) is 6.61 Å². The van der Waals surface area contributed by atoms with E-state index in [0.717, 1.165) is 36.2 Å². The first-order chi connectivity index (χ1) is 16.0. The zero-order valence-corrected chi connectivity index (χ0v) is 21.3. The summed E-state index contributed by atoms with van der Waals surface area (Å²) in [4.78, 5) is 26.1. The molecule has 1 heterocycles. The minimum Gasteiger partial charge on any atom is -0.461 e. The molecule has 0 radical (unpaired) electrons. The molecular formula is C27H40N2O3S. The number of nitrogens with zero attached hydrogens (tertiary/aromatic N) is 1. The summed E-state index contributed by atoms with van der Waals surface area (Å²) in [6, 6.07) is 8.01. The molecule has 0 saturated carbocycles. The molecule has 0 atom stereocenters. The highest BCUT2D eigenvalue weighted by molar-refractivity contribution is 7.07. The van der Waals surface area contributed by atoms with Gasteiger partial charge in [-0.15, -0.1) is 0 Å². The molecule has 0 aliphatic rings. The van der Waals surface area contributed by atoms with Gasteiger partial charge in [-0.1, -0.05) is 45.1 Å². The van der Waals surface area contributed by atoms with Crippen LogP contribution in [-0.2, 0) is 27.4 Å². The standard InChI is InChI=1S/C27H40N2O3S/c1-4-12-27(31)32-20-23-15-16-25(29(2)3)24(19-23)28-26(30)14-11-9-7-5-6-8-10-13-22-17-18-33-21-22/h15-19,21H,4-14,20H2,1-3H3,(H,28,30). The third-order valence-electron chi connectivity index (χ3n) is 5.62. The third kappa shape index (κ3) is 10.9. The van der Waals surface area contributed by atoms with Crippen molar-refractivity contribution >= 4 is 34.6 Å². The fraction of sp³-hybridized carbons (Fsp3) is 0.556. The van der Waals surface area contributed by atoms with Crippen LogP contribution in [0.15, 0.2) is 35.0 Å². The zero-order valence-electron chi connectivity index (χ0n) is 20.5. The minimum absolute atomic E-state index is 0.0361. The van der Waals surface area contributed by atoms with Gasteiger partial charge in [0.25, 0.3) is 0 Å². The Kier molecular flexibility index (Phi) is 12.6. The van der Waals surface area contributed by atoms with Gasteiger partial charge in [0.15, 0.2) is 0 Å². The average molecular weight is 473 g/mol. The molecule has 182 valence electrons. The van der Waals surface area contributed by atoms with E-state index in [1.807, 2.05) is 44.1 Å². The molecule has 6 heteroatoms. The van der Waals surface area contributed by atoms with Crippen molar-refractivity contribution in [1.29, 1.82) is 0 Å². The normalized spacial score (nSPS) is 10.8. The van der Waals surface area contributed by atoms with Gasteiger partial charge < -0.3 is 15.0 Å². The summed E-state index contributed by atoms with van der Waals surface area (Å²) in [6.07, 6.45) is 11.2. The van der Waals surface area contributed by atoms with Crippen molar-refractivity contribution in [2.75, 3.05) is 24.3 Å². The van der Waals surface area contributed by atoms with Crippen molar-refractivity contribution in [2.24, 2.45) is 0 Å². The lowest BCUT2D eigenvalue weighted by atomic mass is 10.1. The van der Waals surface area contributed by atoms with E-state index < -0.39 is 0 Å². The Morgan fingerprint density at radius 2 is 1.67 bits per heavy atom. The molecule has 0 spiro atoms. The van der Waals surface area contributed by atoms with Crippen LogP contribution in [0.5, 0.6) is 0 Å². The Balaban J connectivity index is 1.66. The number of ether oxygens (including phenoxy) is 1. The largest absolute Gasteiger partial charge is 0.461 e. The molecule has 0 aliphatic heterocycles. The second-order valence-electron chi connectivity index (χ2n) is 8.81. The maximum Gasteiger partial charge on any atom is 0.306 e. The molecule has 33 heavy (non-hydrogen) atoms. The van der Waals surface area contributed by atoms with Gasteiger partial charge in [-0.05, 0) is 65.8 Å². The molecule has 0 bridgehead atoms. The van der Waals surface area contributed by atoms with Crippen LogP contribution in [0, 0.1) is 0 Å². The number of carbonyl (C=O) groups is 2. The van der Waals surface area contributed by atoms with E-state index in [1.54, 1.807) is 11.3 Å². The first kappa shape index (κ1) is 26.9. The van der Waals surface area contributed by atoms with Gasteiger partial charge in [-0.2, -0.15) is 11.3 Å². The Bertz CT molecular complexity index is 834. The van der Waals surface area contributed by atoms with E-state index in [9.17, 15) is 9.59 Å². The molecule has 2 rings (SSSR count). The summed E-state index contributed by atoms with van der Waals surface area (Å²) in [6.45, 7) is 2.18. The third-order valence-corrected chi connectivity index (χ3v) is 6.35. The number of aryl methyl sites for hydroxylation is 1. The molecular weight excluding hydrogens is 432 g/mol. The number of nitrogens with one attached hydrogen (secondary N) is 1. The van der Waals surface area contributed by atoms with E-state index in [-0.39, 0.29) is 18.5 Å². The summed E-state index contributed by atoms with van der Waals surface area (Å²) >= 11 is 1.77. The second kappa shape index (κ2) is 15.5. The summed E-state index contributed by atoms with van der Waals surface area (Å²) < 4.78 is 5.31. The fourth-order valence-corrected chi connectivity index (χ4v) is 4.45. The van der Waals surface area contributed by atoms with E-state index in [4.69, 9.17) is 4.74 Å². The van der Waals surface area contributed by atoms with Crippen LogP contribution in [0.4, 0.5) is 11.4 Å². The van der Waals surface area contributed by atoms with E-state index in [2.05, 4.69) is 22.1 Å². The van der Waals surface area contributed by atoms with Crippen molar-refractivity contribution in [2.45, 2.75) is 84.2 Å². The van der Waals surface area contributed by atoms with Crippen LogP contribution >= 0.6 is 11.3 Å². The number of benzene rings is 1. The lowest BCUT2D eigenvalue weighted by Gasteiger charge is -2.19. The molecule has 0 unspecified atom stereocenters. The van der Waals surface area contributed by atoms with Crippen molar-refractivity contribution in [1.82, 2.24) is 0 Å². The van der Waals surface area contributed by atoms with E-state index in [1.165, 1.54) is 44.1 Å². The molecule has 0 fully saturated rings. The van der Waals surface area contributed by atoms with Gasteiger partial charge in [-0.25, -0.2) is 0 Å². The zero-order chi connectivity index (χ0) is 23.9. The van der Waals surface area contributed by atoms with Gasteiger partial charge in [0.2, 0.25) is 5.91 Å². The Morgan fingerprint density at radius 3 is 2.33 bits per heavy atom. The van der Waals surface area contributed by atoms with Gasteiger partial charge in [0.05, 0.1) is 11.4 Å². The Hall–Kier alpha value is -2.34. The highest BCUT2D eigenvalue weighted by atomic mass is 32.1. The first-order valence-electron chi connectivity index (χ1n) is 12.3. The highest BCUT2D eigenvalue weighted by Gasteiger charge is 2.11. The van der Waals surface area contributed by atoms with Crippen molar-refractivity contribution in [3.63, 3.8) is 0 Å². The van der Waals surface area contributed by atoms with Gasteiger partial charge in [0, 0.05) is 26.9 Å². The smallest absolute Gasteiger partial charge is 0.306 e. The minimum atomic E-state index is -0.192. The Morgan fingerprint density at radius 1 is 0.939 bits per heavy atom. The van der Waals surface area contributed by atoms with Crippen LogP contribution in [0.3, 0.4) is 0 Å². The molecule has 1 aromatic heterocycles. The summed E-state index contributed by atoms with van der Waals surface area (Å²) in [5.74, 6) is -0.156. The summed E-state index contributed by atoms with van der Waals surface area (Å²) in [5, 5.41) is 7.45. The number of hydrogen-bond donors (Lipinski definition) is 1. The number of carbonyl (C=O) groups excluding carboxylic acids is 2. The predicted octanol–water partition coefficient (Wildman–Crippen LogP) is 6.96. The number of hydrogen-bond acceptors (Lipinski definition) is 5. The van der Waals surface area contributed by atoms with Crippen molar-refractivity contribution in [3.05, 3.63) is 46.2 Å². The first-order valence-corrected chi connectivity index (χ1v) is 13.2. The van der Waals surface area contributed by atoms with E-state index in [0.29, 0.717) is 12.8 Å². The molecule has 2 aromatic rings. The Labute approximate surface area is 203 Å². The monoisotopic (exact) mass is 472 g/mol. The maximum absolute atomic E-state index is 12.5. The number of unbranched alkanes of at least 4 members (excludes halogenated alkanes) is 6. The van der Waals surface area contributed by atoms with Gasteiger partial charge in [-0.3, -0.25) is 9.59 Å². The van der Waals surface area contributed by atoms with Crippen molar-refractivity contribution in [3.8, 4) is 0 Å². The summed E-state index contributed by atoms with van der Waals surface area (Å²) in [7, 11) is 3.90. The van der Waals surface area contributed by atoms with Crippen LogP contribution < -0.4 is 10.2 Å². The molecule has 1 N–H and O–H groups in total. The molecule has 5 nitrogen and oxygen atoms in total. The average Bonchev–Trinajstić information content (AvgIpc) is 3.30. The van der Waals surface area contributed by atoms with Crippen LogP contribution in [-0.4, -0.2) is 26.0 Å². The number of anilines is 2. The molecule has 0 aliphatic carbocycles. The number of amides is 1.